The molecule has 2 heterocycles. The van der Waals surface area contributed by atoms with Gasteiger partial charge in [-0.05, 0) is 68.7 Å². The summed E-state index contributed by atoms with van der Waals surface area (Å²) in [6.07, 6.45) is 0.837. The third-order valence-corrected chi connectivity index (χ3v) is 7.67. The molecule has 1 aromatic heterocycles. The Hall–Kier alpha value is -4.38. The van der Waals surface area contributed by atoms with Gasteiger partial charge in [0.05, 0.1) is 44.7 Å². The Morgan fingerprint density at radius 3 is 2.37 bits per heavy atom. The Bertz CT molecular complexity index is 1530. The molecule has 0 aliphatic carbocycles. The lowest BCUT2D eigenvalue weighted by Gasteiger charge is -2.24. The minimum atomic E-state index is -1.08. The second kappa shape index (κ2) is 12.4. The van der Waals surface area contributed by atoms with E-state index in [9.17, 15) is 19.5 Å². The SMILES string of the molecule is CCCOc1ccc(C(O)=C2C(=O)C(=O)N(c3nc(C)c(C(=O)OCC)s3)C2c2ccc(OC)c(OC)c2)cc1C. The van der Waals surface area contributed by atoms with Gasteiger partial charge in [0.2, 0.25) is 0 Å². The van der Waals surface area contributed by atoms with Crippen molar-refractivity contribution < 1.29 is 38.4 Å². The molecule has 10 nitrogen and oxygen atoms in total. The van der Waals surface area contributed by atoms with Gasteiger partial charge in [0, 0.05) is 5.56 Å². The maximum absolute atomic E-state index is 13.6. The highest BCUT2D eigenvalue weighted by atomic mass is 32.1. The fourth-order valence-electron chi connectivity index (χ4n) is 4.57. The predicted molar refractivity (Wildman–Crippen MR) is 154 cm³/mol. The number of carbonyl (C=O) groups excluding carboxylic acids is 3. The summed E-state index contributed by atoms with van der Waals surface area (Å²) in [7, 11) is 2.97. The van der Waals surface area contributed by atoms with Crippen LogP contribution in [0.3, 0.4) is 0 Å². The molecule has 3 aromatic rings. The van der Waals surface area contributed by atoms with Crippen molar-refractivity contribution in [3.63, 3.8) is 0 Å². The molecule has 1 unspecified atom stereocenters. The molecule has 1 amide bonds. The van der Waals surface area contributed by atoms with Crippen molar-refractivity contribution in [3.05, 3.63) is 69.2 Å². The van der Waals surface area contributed by atoms with Crippen LogP contribution in [0.4, 0.5) is 5.13 Å². The molecule has 216 valence electrons. The quantitative estimate of drug-likeness (QED) is 0.146. The van der Waals surface area contributed by atoms with Gasteiger partial charge >= 0.3 is 11.9 Å². The number of carbonyl (C=O) groups is 3. The number of benzene rings is 2. The van der Waals surface area contributed by atoms with Crippen molar-refractivity contribution in [1.29, 1.82) is 0 Å². The van der Waals surface area contributed by atoms with Crippen molar-refractivity contribution in [2.75, 3.05) is 32.3 Å². The third-order valence-electron chi connectivity index (χ3n) is 6.53. The lowest BCUT2D eigenvalue weighted by atomic mass is 9.94. The molecular formula is C30H32N2O8S. The van der Waals surface area contributed by atoms with E-state index in [0.29, 0.717) is 40.7 Å². The standard InChI is InChI=1S/C30H32N2O8S/c1-7-13-40-20-11-10-19(14-16(20)3)25(33)23-24(18-9-12-21(37-5)22(15-18)38-6)32(28(35)26(23)34)30-31-17(4)27(41-30)29(36)39-8-2/h9-12,14-15,24,33H,7-8,13H2,1-6H3. The van der Waals surface area contributed by atoms with Crippen molar-refractivity contribution in [3.8, 4) is 17.2 Å². The van der Waals surface area contributed by atoms with E-state index in [1.165, 1.54) is 19.1 Å². The van der Waals surface area contributed by atoms with Crippen LogP contribution in [-0.4, -0.2) is 55.2 Å². The maximum Gasteiger partial charge on any atom is 0.350 e. The van der Waals surface area contributed by atoms with Crippen molar-refractivity contribution >= 4 is 39.9 Å². The monoisotopic (exact) mass is 580 g/mol. The minimum Gasteiger partial charge on any atom is -0.507 e. The summed E-state index contributed by atoms with van der Waals surface area (Å²) >= 11 is 0.939. The largest absolute Gasteiger partial charge is 0.507 e. The van der Waals surface area contributed by atoms with Crippen LogP contribution in [0.15, 0.2) is 42.0 Å². The Morgan fingerprint density at radius 2 is 1.73 bits per heavy atom. The molecule has 1 N–H and O–H groups in total. The molecule has 1 fully saturated rings. The molecule has 11 heteroatoms. The van der Waals surface area contributed by atoms with Crippen molar-refractivity contribution in [2.45, 2.75) is 40.2 Å². The molecule has 4 rings (SSSR count). The normalized spacial score (nSPS) is 16.1. The number of Topliss-reactive ketones (excluding diaryl/α,β-unsaturated/α-hetero) is 1. The van der Waals surface area contributed by atoms with Crippen molar-refractivity contribution in [2.24, 2.45) is 0 Å². The molecule has 2 aromatic carbocycles. The first-order chi connectivity index (χ1) is 19.7. The van der Waals surface area contributed by atoms with E-state index in [4.69, 9.17) is 18.9 Å². The second-order valence-corrected chi connectivity index (χ2v) is 10.2. The first-order valence-electron chi connectivity index (χ1n) is 13.1. The topological polar surface area (TPSA) is 124 Å². The van der Waals surface area contributed by atoms with E-state index < -0.39 is 23.7 Å². The average Bonchev–Trinajstić information content (AvgIpc) is 3.47. The van der Waals surface area contributed by atoms with Crippen molar-refractivity contribution in [1.82, 2.24) is 4.98 Å². The maximum atomic E-state index is 13.6. The van der Waals surface area contributed by atoms with Crippen LogP contribution in [0.2, 0.25) is 0 Å². The van der Waals surface area contributed by atoms with E-state index in [1.807, 2.05) is 13.8 Å². The number of aliphatic hydroxyl groups is 1. The Kier molecular flexibility index (Phi) is 8.97. The molecule has 0 bridgehead atoms. The van der Waals surface area contributed by atoms with Gasteiger partial charge in [-0.3, -0.25) is 14.5 Å². The van der Waals surface area contributed by atoms with Crippen LogP contribution in [0.25, 0.3) is 5.76 Å². The molecule has 0 saturated carbocycles. The zero-order valence-electron chi connectivity index (χ0n) is 23.8. The summed E-state index contributed by atoms with van der Waals surface area (Å²) in [6.45, 7) is 7.86. The van der Waals surface area contributed by atoms with E-state index >= 15 is 0 Å². The number of ether oxygens (including phenoxy) is 4. The molecule has 1 aliphatic rings. The number of hydrogen-bond donors (Lipinski definition) is 1. The number of aliphatic hydroxyl groups excluding tert-OH is 1. The molecule has 0 spiro atoms. The van der Waals surface area contributed by atoms with Crippen LogP contribution in [0, 0.1) is 13.8 Å². The van der Waals surface area contributed by atoms with Gasteiger partial charge in [0.15, 0.2) is 16.6 Å². The predicted octanol–water partition coefficient (Wildman–Crippen LogP) is 5.37. The lowest BCUT2D eigenvalue weighted by Crippen LogP contribution is -2.29. The van der Waals surface area contributed by atoms with Gasteiger partial charge in [-0.25, -0.2) is 9.78 Å². The van der Waals surface area contributed by atoms with Gasteiger partial charge in [0.1, 0.15) is 16.4 Å². The van der Waals surface area contributed by atoms with Crippen LogP contribution in [0.5, 0.6) is 17.2 Å². The van der Waals surface area contributed by atoms with E-state index in [2.05, 4.69) is 4.98 Å². The second-order valence-electron chi connectivity index (χ2n) is 9.24. The van der Waals surface area contributed by atoms with Crippen LogP contribution in [-0.2, 0) is 14.3 Å². The number of aromatic nitrogens is 1. The summed E-state index contributed by atoms with van der Waals surface area (Å²) in [4.78, 5) is 45.5. The van der Waals surface area contributed by atoms with Gasteiger partial charge in [0.25, 0.3) is 5.78 Å². The number of thiazole rings is 1. The van der Waals surface area contributed by atoms with E-state index in [0.717, 1.165) is 23.3 Å². The molecule has 41 heavy (non-hydrogen) atoms. The number of rotatable bonds is 10. The summed E-state index contributed by atoms with van der Waals surface area (Å²) in [6, 6.07) is 8.94. The average molecular weight is 581 g/mol. The van der Waals surface area contributed by atoms with Gasteiger partial charge in [-0.2, -0.15) is 0 Å². The zero-order valence-corrected chi connectivity index (χ0v) is 24.6. The molecular weight excluding hydrogens is 548 g/mol. The number of aryl methyl sites for hydroxylation is 2. The van der Waals surface area contributed by atoms with Gasteiger partial charge < -0.3 is 24.1 Å². The minimum absolute atomic E-state index is 0.117. The van der Waals surface area contributed by atoms with Gasteiger partial charge in [-0.15, -0.1) is 0 Å². The summed E-state index contributed by atoms with van der Waals surface area (Å²) in [5.74, 6) is -1.24. The number of methoxy groups -OCH3 is 2. The first kappa shape index (κ1) is 29.6. The fraction of sp³-hybridized carbons (Fsp3) is 0.333. The molecule has 0 radical (unpaired) electrons. The number of ketones is 1. The summed E-state index contributed by atoms with van der Waals surface area (Å²) < 4.78 is 21.7. The Labute approximate surface area is 242 Å². The van der Waals surface area contributed by atoms with E-state index in [-0.39, 0.29) is 27.9 Å². The first-order valence-corrected chi connectivity index (χ1v) is 13.9. The highest BCUT2D eigenvalue weighted by Crippen LogP contribution is 2.45. The van der Waals surface area contributed by atoms with E-state index in [1.54, 1.807) is 50.2 Å². The number of anilines is 1. The summed E-state index contributed by atoms with van der Waals surface area (Å²) in [5, 5.41) is 11.7. The molecule has 1 saturated heterocycles. The smallest absolute Gasteiger partial charge is 0.350 e. The summed E-state index contributed by atoms with van der Waals surface area (Å²) in [5.41, 5.74) is 1.80. The number of amides is 1. The molecule has 1 atom stereocenters. The van der Waals surface area contributed by atoms with Crippen LogP contribution >= 0.6 is 11.3 Å². The number of hydrogen-bond acceptors (Lipinski definition) is 10. The lowest BCUT2D eigenvalue weighted by molar-refractivity contribution is -0.132. The Balaban J connectivity index is 1.91. The number of esters is 1. The highest BCUT2D eigenvalue weighted by molar-refractivity contribution is 7.17. The van der Waals surface area contributed by atoms with Crippen LogP contribution in [0.1, 0.15) is 58.4 Å². The Morgan fingerprint density at radius 1 is 1.02 bits per heavy atom. The zero-order chi connectivity index (χ0) is 29.8. The fourth-order valence-corrected chi connectivity index (χ4v) is 5.55. The van der Waals surface area contributed by atoms with Gasteiger partial charge in [-0.1, -0.05) is 24.3 Å². The van der Waals surface area contributed by atoms with Crippen LogP contribution < -0.4 is 19.1 Å². The number of nitrogens with zero attached hydrogens (tertiary/aromatic N) is 2. The highest BCUT2D eigenvalue weighted by Gasteiger charge is 2.48. The third kappa shape index (κ3) is 5.62. The molecule has 1 aliphatic heterocycles.